The molecule has 0 saturated heterocycles. The molecule has 2 amide bonds. The molecule has 0 radical (unpaired) electrons. The van der Waals surface area contributed by atoms with E-state index in [1.54, 1.807) is 36.8 Å². The predicted molar refractivity (Wildman–Crippen MR) is 101 cm³/mol. The maximum atomic E-state index is 11.6. The van der Waals surface area contributed by atoms with E-state index in [2.05, 4.69) is 22.5 Å². The Labute approximate surface area is 154 Å². The van der Waals surface area contributed by atoms with E-state index in [1.165, 1.54) is 6.08 Å². The lowest BCUT2D eigenvalue weighted by molar-refractivity contribution is -0.116. The van der Waals surface area contributed by atoms with Gasteiger partial charge in [-0.25, -0.2) is 0 Å². The summed E-state index contributed by atoms with van der Waals surface area (Å²) < 4.78 is 10.2. The summed E-state index contributed by atoms with van der Waals surface area (Å²) >= 11 is 0. The third-order valence-corrected chi connectivity index (χ3v) is 3.16. The van der Waals surface area contributed by atoms with E-state index < -0.39 is 0 Å². The minimum atomic E-state index is -0.271. The largest absolute Gasteiger partial charge is 0.501 e. The van der Waals surface area contributed by atoms with Crippen molar-refractivity contribution in [2.24, 2.45) is 0 Å². The number of carbonyl (C=O) groups excluding carboxylic acids is 2. The Balaban J connectivity index is 1.96. The van der Waals surface area contributed by atoms with Gasteiger partial charge in [0.05, 0.1) is 19.1 Å². The number of ether oxygens (including phenoxy) is 1. The molecule has 0 unspecified atom stereocenters. The van der Waals surface area contributed by atoms with Gasteiger partial charge in [-0.3, -0.25) is 9.59 Å². The fourth-order valence-corrected chi connectivity index (χ4v) is 1.90. The fraction of sp³-hybridized carbons (Fsp3) is 0.400. The molecule has 1 aromatic heterocycles. The molecule has 0 atom stereocenters. The molecule has 6 nitrogen and oxygen atoms in total. The molecular formula is C20H26N2O4. The van der Waals surface area contributed by atoms with E-state index >= 15 is 0 Å². The Morgan fingerprint density at radius 3 is 2.77 bits per heavy atom. The van der Waals surface area contributed by atoms with Gasteiger partial charge in [-0.1, -0.05) is 12.0 Å². The lowest BCUT2D eigenvalue weighted by Crippen LogP contribution is -2.24. The summed E-state index contributed by atoms with van der Waals surface area (Å²) in [5.41, 5.74) is 0. The van der Waals surface area contributed by atoms with E-state index in [0.29, 0.717) is 31.9 Å². The Hall–Kier alpha value is -2.94. The first-order valence-electron chi connectivity index (χ1n) is 8.71. The zero-order valence-corrected chi connectivity index (χ0v) is 15.1. The molecule has 0 fully saturated rings. The first-order chi connectivity index (χ1) is 12.7. The van der Waals surface area contributed by atoms with E-state index in [4.69, 9.17) is 9.15 Å². The predicted octanol–water partition coefficient (Wildman–Crippen LogP) is 2.64. The Morgan fingerprint density at radius 2 is 2.04 bits per heavy atom. The monoisotopic (exact) mass is 358 g/mol. The summed E-state index contributed by atoms with van der Waals surface area (Å²) in [5, 5.41) is 5.54. The Bertz CT molecular complexity index is 637. The minimum Gasteiger partial charge on any atom is -0.501 e. The number of amides is 2. The second-order valence-electron chi connectivity index (χ2n) is 5.35. The fourth-order valence-electron chi connectivity index (χ4n) is 1.90. The first-order valence-corrected chi connectivity index (χ1v) is 8.71. The van der Waals surface area contributed by atoms with Gasteiger partial charge < -0.3 is 19.8 Å². The van der Waals surface area contributed by atoms with Crippen molar-refractivity contribution < 1.29 is 18.7 Å². The summed E-state index contributed by atoms with van der Waals surface area (Å²) in [5.74, 6) is 5.51. The highest BCUT2D eigenvalue weighted by Gasteiger charge is 1.97. The molecule has 140 valence electrons. The topological polar surface area (TPSA) is 80.6 Å². The molecule has 0 aromatic carbocycles. The molecule has 1 aromatic rings. The number of unbranched alkanes of at least 4 members (excludes halogenated alkanes) is 2. The third-order valence-electron chi connectivity index (χ3n) is 3.16. The van der Waals surface area contributed by atoms with Crippen molar-refractivity contribution >= 4 is 17.9 Å². The van der Waals surface area contributed by atoms with E-state index in [-0.39, 0.29) is 11.8 Å². The van der Waals surface area contributed by atoms with Gasteiger partial charge in [-0.2, -0.15) is 0 Å². The normalized spacial score (nSPS) is 10.5. The average molecular weight is 358 g/mol. The van der Waals surface area contributed by atoms with Gasteiger partial charge in [0.1, 0.15) is 5.76 Å². The summed E-state index contributed by atoms with van der Waals surface area (Å²) in [6, 6.07) is 3.54. The second kappa shape index (κ2) is 14.4. The molecule has 0 bridgehead atoms. The van der Waals surface area contributed by atoms with Gasteiger partial charge >= 0.3 is 0 Å². The van der Waals surface area contributed by atoms with Crippen molar-refractivity contribution in [3.63, 3.8) is 0 Å². The summed E-state index contributed by atoms with van der Waals surface area (Å²) in [6.45, 7) is 3.52. The summed E-state index contributed by atoms with van der Waals surface area (Å²) in [4.78, 5) is 23.0. The van der Waals surface area contributed by atoms with Gasteiger partial charge in [0.2, 0.25) is 5.91 Å². The van der Waals surface area contributed by atoms with E-state index in [0.717, 1.165) is 19.3 Å². The number of furan rings is 1. The van der Waals surface area contributed by atoms with E-state index in [1.807, 2.05) is 6.92 Å². The van der Waals surface area contributed by atoms with Crippen LogP contribution in [0.4, 0.5) is 0 Å². The van der Waals surface area contributed by atoms with Crippen LogP contribution in [0.1, 0.15) is 38.4 Å². The van der Waals surface area contributed by atoms with Crippen LogP contribution in [0, 0.1) is 11.8 Å². The van der Waals surface area contributed by atoms with Crippen molar-refractivity contribution in [3.8, 4) is 11.8 Å². The first kappa shape index (κ1) is 21.1. The highest BCUT2D eigenvalue weighted by molar-refractivity contribution is 5.93. The van der Waals surface area contributed by atoms with Crippen LogP contribution in [0.2, 0.25) is 0 Å². The van der Waals surface area contributed by atoms with Crippen LogP contribution < -0.4 is 10.6 Å². The Morgan fingerprint density at radius 1 is 1.23 bits per heavy atom. The third kappa shape index (κ3) is 11.6. The van der Waals surface area contributed by atoms with Crippen LogP contribution in [0.15, 0.2) is 41.2 Å². The number of rotatable bonds is 11. The summed E-state index contributed by atoms with van der Waals surface area (Å²) in [6.07, 6.45) is 11.1. The van der Waals surface area contributed by atoms with Crippen LogP contribution in [0.25, 0.3) is 6.08 Å². The molecule has 2 N–H and O–H groups in total. The van der Waals surface area contributed by atoms with Crippen molar-refractivity contribution in [3.05, 3.63) is 42.6 Å². The maximum absolute atomic E-state index is 11.6. The average Bonchev–Trinajstić information content (AvgIpc) is 3.15. The van der Waals surface area contributed by atoms with Crippen molar-refractivity contribution in [1.29, 1.82) is 0 Å². The summed E-state index contributed by atoms with van der Waals surface area (Å²) in [7, 11) is 0. The zero-order chi connectivity index (χ0) is 18.9. The maximum Gasteiger partial charge on any atom is 0.295 e. The molecular weight excluding hydrogens is 332 g/mol. The van der Waals surface area contributed by atoms with Gasteiger partial charge in [0, 0.05) is 25.6 Å². The lowest BCUT2D eigenvalue weighted by atomic mass is 10.2. The number of hydrogen-bond donors (Lipinski definition) is 2. The molecule has 26 heavy (non-hydrogen) atoms. The van der Waals surface area contributed by atoms with Crippen molar-refractivity contribution in [2.75, 3.05) is 19.7 Å². The van der Waals surface area contributed by atoms with Crippen LogP contribution in [-0.4, -0.2) is 31.5 Å². The second-order valence-corrected chi connectivity index (χ2v) is 5.35. The highest BCUT2D eigenvalue weighted by Crippen LogP contribution is 2.01. The minimum absolute atomic E-state index is 0.150. The molecule has 0 saturated carbocycles. The molecule has 0 spiro atoms. The SMILES string of the molecule is C/C=C\OCCC#CC(=O)NCCCCCNC(=O)/C=C/c1ccco1. The standard InChI is InChI=1S/C20H26N2O4/c1-2-15-25-16-7-4-10-19(23)21-13-5-3-6-14-22-20(24)12-11-18-9-8-17-26-18/h2,8-9,11-12,15,17H,3,5-7,13-14,16H2,1H3,(H,21,23)(H,22,24)/b12-11+,15-2-. The molecule has 0 aliphatic rings. The van der Waals surface area contributed by atoms with Gasteiger partial charge in [-0.05, 0) is 50.3 Å². The van der Waals surface area contributed by atoms with E-state index in [9.17, 15) is 9.59 Å². The molecule has 1 heterocycles. The van der Waals surface area contributed by atoms with Gasteiger partial charge in [0.15, 0.2) is 0 Å². The number of hydrogen-bond acceptors (Lipinski definition) is 4. The number of allylic oxidation sites excluding steroid dienone is 1. The van der Waals surface area contributed by atoms with Crippen LogP contribution >= 0.6 is 0 Å². The molecule has 6 heteroatoms. The molecule has 0 aliphatic carbocycles. The quantitative estimate of drug-likeness (QED) is 0.276. The highest BCUT2D eigenvalue weighted by atomic mass is 16.5. The lowest BCUT2D eigenvalue weighted by Gasteiger charge is -2.03. The zero-order valence-electron chi connectivity index (χ0n) is 15.1. The van der Waals surface area contributed by atoms with Crippen LogP contribution in [0.5, 0.6) is 0 Å². The van der Waals surface area contributed by atoms with Crippen LogP contribution in [-0.2, 0) is 14.3 Å². The smallest absolute Gasteiger partial charge is 0.295 e. The van der Waals surface area contributed by atoms with Crippen molar-refractivity contribution in [2.45, 2.75) is 32.6 Å². The molecule has 1 rings (SSSR count). The molecule has 0 aliphatic heterocycles. The Kier molecular flexibility index (Phi) is 11.7. The van der Waals surface area contributed by atoms with Crippen LogP contribution in [0.3, 0.4) is 0 Å². The van der Waals surface area contributed by atoms with Crippen molar-refractivity contribution in [1.82, 2.24) is 10.6 Å². The van der Waals surface area contributed by atoms with Gasteiger partial charge in [-0.15, -0.1) is 0 Å². The number of carbonyl (C=O) groups is 2. The number of nitrogens with one attached hydrogen (secondary N) is 2. The van der Waals surface area contributed by atoms with Gasteiger partial charge in [0.25, 0.3) is 5.91 Å².